The Labute approximate surface area is 204 Å². The minimum atomic E-state index is 0. The van der Waals surface area contributed by atoms with Gasteiger partial charge in [-0.1, -0.05) is 67.8 Å². The molecule has 27 heavy (non-hydrogen) atoms. The summed E-state index contributed by atoms with van der Waals surface area (Å²) in [7, 11) is 0.128. The molecule has 0 spiro atoms. The van der Waals surface area contributed by atoms with Crippen molar-refractivity contribution in [3.05, 3.63) is 24.3 Å². The molecule has 0 aromatic heterocycles. The van der Waals surface area contributed by atoms with Gasteiger partial charge in [-0.05, 0) is 84.6 Å². The van der Waals surface area contributed by atoms with Crippen LogP contribution in [0.3, 0.4) is 0 Å². The number of hydrogen-bond donors (Lipinski definition) is 0. The van der Waals surface area contributed by atoms with E-state index in [1.807, 2.05) is 10.6 Å². The molecule has 2 fully saturated rings. The summed E-state index contributed by atoms with van der Waals surface area (Å²) in [5, 5.41) is 3.68. The van der Waals surface area contributed by atoms with E-state index in [2.05, 4.69) is 52.0 Å². The zero-order valence-electron chi connectivity index (χ0n) is 17.3. The second-order valence-electron chi connectivity index (χ2n) is 7.71. The molecular weight excluding hydrogens is 587 g/mol. The third-order valence-corrected chi connectivity index (χ3v) is 14.3. The summed E-state index contributed by atoms with van der Waals surface area (Å²) in [6.07, 6.45) is 11.5. The minimum Gasteiger partial charge on any atom is -1.00 e. The first-order valence-electron chi connectivity index (χ1n) is 10.4. The molecule has 2 aliphatic heterocycles. The van der Waals surface area contributed by atoms with Crippen LogP contribution >= 0.6 is 15.8 Å². The van der Waals surface area contributed by atoms with E-state index in [-0.39, 0.29) is 69.3 Å². The molecule has 156 valence electrons. The van der Waals surface area contributed by atoms with Crippen molar-refractivity contribution in [3.63, 3.8) is 0 Å². The summed E-state index contributed by atoms with van der Waals surface area (Å²) in [5.74, 6) is 0. The van der Waals surface area contributed by atoms with Gasteiger partial charge in [0.05, 0.1) is 0 Å². The maximum atomic E-state index is 2.55. The van der Waals surface area contributed by atoms with Crippen molar-refractivity contribution in [2.45, 2.75) is 102 Å². The average molecular weight is 623 g/mol. The summed E-state index contributed by atoms with van der Waals surface area (Å²) in [6, 6.07) is 9.79. The monoisotopic (exact) mass is 622 g/mol. The second-order valence-corrected chi connectivity index (χ2v) is 13.2. The maximum absolute atomic E-state index is 2.55. The van der Waals surface area contributed by atoms with Gasteiger partial charge in [0.25, 0.3) is 0 Å². The van der Waals surface area contributed by atoms with Crippen molar-refractivity contribution in [2.24, 2.45) is 0 Å². The molecule has 0 aliphatic carbocycles. The Hall–Kier alpha value is 1.66. The molecule has 0 radical (unpaired) electrons. The first-order chi connectivity index (χ1) is 11.7. The van der Waals surface area contributed by atoms with Gasteiger partial charge in [-0.2, -0.15) is 0 Å². The molecule has 1 aromatic rings. The smallest absolute Gasteiger partial charge is 1.00 e. The maximum Gasteiger partial charge on any atom is 2.00 e. The van der Waals surface area contributed by atoms with Crippen LogP contribution < -0.4 is 44.6 Å². The summed E-state index contributed by atoms with van der Waals surface area (Å²) in [4.78, 5) is 0. The van der Waals surface area contributed by atoms with Crippen LogP contribution in [0.1, 0.15) is 79.1 Å². The van der Waals surface area contributed by atoms with E-state index in [1.165, 1.54) is 51.4 Å². The molecule has 4 atom stereocenters. The van der Waals surface area contributed by atoms with E-state index >= 15 is 0 Å². The van der Waals surface area contributed by atoms with Gasteiger partial charge in [-0.15, -0.1) is 0 Å². The second kappa shape index (κ2) is 13.9. The molecule has 2 heterocycles. The zero-order chi connectivity index (χ0) is 17.1. The first kappa shape index (κ1) is 28.7. The predicted molar refractivity (Wildman–Crippen MR) is 114 cm³/mol. The first-order valence-corrected chi connectivity index (χ1v) is 13.4. The van der Waals surface area contributed by atoms with Gasteiger partial charge in [0.2, 0.25) is 0 Å². The number of hydrogen-bond acceptors (Lipinski definition) is 0. The van der Waals surface area contributed by atoms with Crippen molar-refractivity contribution in [2.75, 3.05) is 0 Å². The number of rotatable bonds is 6. The quantitative estimate of drug-likeness (QED) is 0.322. The topological polar surface area (TPSA) is 0 Å². The molecule has 2 aliphatic rings. The Morgan fingerprint density at radius 3 is 1.11 bits per heavy atom. The van der Waals surface area contributed by atoms with Gasteiger partial charge < -0.3 is 34.0 Å². The molecule has 0 saturated carbocycles. The van der Waals surface area contributed by atoms with Gasteiger partial charge in [-0.25, -0.2) is 0 Å². The van der Waals surface area contributed by atoms with E-state index in [1.54, 1.807) is 0 Å². The standard InChI is InChI=1S/C22H36P2.2BrH.Ru/c1-5-17-13-14-18(6-2)23(17)21-11-9-10-12-22(21)24-19(7-3)15-16-20(24)8-4;;;/h9-12,17-20H,5-8,13-16H2,1-4H3;2*1H;/q;;;+2/p-2/t17-,18-,19-,20-;;;/m1.../s1. The average Bonchev–Trinajstić information content (AvgIpc) is 3.24. The SMILES string of the molecule is CC[C@@H]1CC[C@@H](CC)P1c1ccccc1P1[C@H](CC)CC[C@H]1CC.[Br-].[Br-].[Ru+2]. The molecule has 0 bridgehead atoms. The Morgan fingerprint density at radius 2 is 0.889 bits per heavy atom. The molecule has 0 N–H and O–H groups in total. The van der Waals surface area contributed by atoms with Crippen molar-refractivity contribution >= 4 is 26.5 Å². The van der Waals surface area contributed by atoms with E-state index < -0.39 is 0 Å². The fourth-order valence-electron chi connectivity index (χ4n) is 5.21. The van der Waals surface area contributed by atoms with Crippen LogP contribution in [0.25, 0.3) is 0 Å². The molecule has 0 nitrogen and oxygen atoms in total. The van der Waals surface area contributed by atoms with E-state index in [9.17, 15) is 0 Å². The molecule has 0 amide bonds. The van der Waals surface area contributed by atoms with Gasteiger partial charge >= 0.3 is 19.5 Å². The Morgan fingerprint density at radius 1 is 0.630 bits per heavy atom. The molecular formula is C22H36Br2P2Ru. The van der Waals surface area contributed by atoms with Crippen molar-refractivity contribution < 1.29 is 53.4 Å². The van der Waals surface area contributed by atoms with Gasteiger partial charge in [0, 0.05) is 0 Å². The van der Waals surface area contributed by atoms with Crippen molar-refractivity contribution in [3.8, 4) is 0 Å². The summed E-state index contributed by atoms with van der Waals surface area (Å²) in [6.45, 7) is 9.74. The number of halogens is 2. The number of benzene rings is 1. The summed E-state index contributed by atoms with van der Waals surface area (Å²) in [5.41, 5.74) is 3.96. The third-order valence-electron chi connectivity index (χ3n) is 6.56. The van der Waals surface area contributed by atoms with Crippen LogP contribution in [0.4, 0.5) is 0 Å². The van der Waals surface area contributed by atoms with Crippen LogP contribution in [-0.2, 0) is 19.5 Å². The minimum absolute atomic E-state index is 0. The van der Waals surface area contributed by atoms with Crippen LogP contribution in [0.15, 0.2) is 24.3 Å². The van der Waals surface area contributed by atoms with Crippen molar-refractivity contribution in [1.82, 2.24) is 0 Å². The fourth-order valence-corrected chi connectivity index (χ4v) is 13.1. The fraction of sp³-hybridized carbons (Fsp3) is 0.727. The van der Waals surface area contributed by atoms with Gasteiger partial charge in [0.1, 0.15) is 0 Å². The molecule has 5 heteroatoms. The Kier molecular flexibility index (Phi) is 14.7. The van der Waals surface area contributed by atoms with E-state index in [0.29, 0.717) is 0 Å². The van der Waals surface area contributed by atoms with Gasteiger partial charge in [0.15, 0.2) is 0 Å². The third kappa shape index (κ3) is 6.10. The van der Waals surface area contributed by atoms with Gasteiger partial charge in [-0.3, -0.25) is 0 Å². The molecule has 1 aromatic carbocycles. The largest absolute Gasteiger partial charge is 2.00 e. The summed E-state index contributed by atoms with van der Waals surface area (Å²) < 4.78 is 0. The van der Waals surface area contributed by atoms with Crippen LogP contribution in [-0.4, -0.2) is 22.6 Å². The van der Waals surface area contributed by atoms with Crippen molar-refractivity contribution in [1.29, 1.82) is 0 Å². The Bertz CT molecular complexity index is 472. The zero-order valence-corrected chi connectivity index (χ0v) is 24.0. The summed E-state index contributed by atoms with van der Waals surface area (Å²) >= 11 is 0. The Balaban J connectivity index is 0.00000225. The van der Waals surface area contributed by atoms with Crippen LogP contribution in [0.2, 0.25) is 0 Å². The van der Waals surface area contributed by atoms with Crippen LogP contribution in [0, 0.1) is 0 Å². The van der Waals surface area contributed by atoms with E-state index in [4.69, 9.17) is 0 Å². The molecule has 2 saturated heterocycles. The predicted octanol–water partition coefficient (Wildman–Crippen LogP) is 0.609. The normalized spacial score (nSPS) is 28.3. The van der Waals surface area contributed by atoms with Crippen LogP contribution in [0.5, 0.6) is 0 Å². The van der Waals surface area contributed by atoms with E-state index in [0.717, 1.165) is 22.6 Å². The molecule has 3 rings (SSSR count). The molecule has 0 unspecified atom stereocenters.